The maximum absolute atomic E-state index is 11.6. The molecule has 0 aliphatic carbocycles. The molecule has 0 heterocycles. The van der Waals surface area contributed by atoms with Crippen LogP contribution in [-0.2, 0) is 4.79 Å². The lowest BCUT2D eigenvalue weighted by atomic mass is 10.1. The fraction of sp³-hybridized carbons (Fsp3) is 0.529. The maximum atomic E-state index is 11.6. The smallest absolute Gasteiger partial charge is 0.240 e. The lowest BCUT2D eigenvalue weighted by molar-refractivity contribution is -0.121. The average Bonchev–Trinajstić information content (AvgIpc) is 2.48. The number of hydrogen-bond acceptors (Lipinski definition) is 2. The van der Waals surface area contributed by atoms with Crippen molar-refractivity contribution in [1.29, 1.82) is 0 Å². The largest absolute Gasteiger partial charge is 0.273 e. The van der Waals surface area contributed by atoms with Gasteiger partial charge in [0, 0.05) is 15.6 Å². The lowest BCUT2D eigenvalue weighted by Crippen LogP contribution is -2.17. The van der Waals surface area contributed by atoms with E-state index in [0.29, 0.717) is 6.42 Å². The van der Waals surface area contributed by atoms with E-state index in [1.807, 2.05) is 24.3 Å². The van der Waals surface area contributed by atoms with Crippen molar-refractivity contribution in [2.75, 3.05) is 0 Å². The molecular formula is C17H25IN2O. The van der Waals surface area contributed by atoms with Crippen molar-refractivity contribution >= 4 is 34.7 Å². The van der Waals surface area contributed by atoms with Crippen LogP contribution in [0.1, 0.15) is 63.9 Å². The van der Waals surface area contributed by atoms with Crippen LogP contribution < -0.4 is 5.43 Å². The second-order valence-corrected chi connectivity index (χ2v) is 6.35. The zero-order valence-corrected chi connectivity index (χ0v) is 14.9. The summed E-state index contributed by atoms with van der Waals surface area (Å²) in [6.45, 7) is 2.22. The number of carbonyl (C=O) groups excluding carboxylic acids is 1. The third-order valence-corrected chi connectivity index (χ3v) is 4.29. The third kappa shape index (κ3) is 8.86. The first-order valence-electron chi connectivity index (χ1n) is 7.80. The molecule has 0 aromatic heterocycles. The normalized spacial score (nSPS) is 11.0. The van der Waals surface area contributed by atoms with Gasteiger partial charge in [-0.15, -0.1) is 0 Å². The second kappa shape index (κ2) is 11.7. The summed E-state index contributed by atoms with van der Waals surface area (Å²) in [5.74, 6) is 0.00532. The molecule has 1 amide bonds. The quantitative estimate of drug-likeness (QED) is 0.259. The minimum atomic E-state index is 0.00532. The fourth-order valence-electron chi connectivity index (χ4n) is 2.05. The molecule has 0 aliphatic rings. The highest BCUT2D eigenvalue weighted by Gasteiger charge is 1.99. The summed E-state index contributed by atoms with van der Waals surface area (Å²) in [6.07, 6.45) is 10.8. The van der Waals surface area contributed by atoms with Gasteiger partial charge in [0.05, 0.1) is 6.21 Å². The molecule has 116 valence electrons. The molecule has 0 aliphatic heterocycles. The summed E-state index contributed by atoms with van der Waals surface area (Å²) in [4.78, 5) is 11.6. The number of halogens is 1. The van der Waals surface area contributed by atoms with E-state index in [1.165, 1.54) is 32.1 Å². The Balaban J connectivity index is 2.10. The van der Waals surface area contributed by atoms with E-state index < -0.39 is 0 Å². The molecule has 21 heavy (non-hydrogen) atoms. The monoisotopic (exact) mass is 400 g/mol. The Labute approximate surface area is 141 Å². The first-order valence-corrected chi connectivity index (χ1v) is 8.88. The third-order valence-electron chi connectivity index (χ3n) is 3.31. The molecule has 0 bridgehead atoms. The highest BCUT2D eigenvalue weighted by Crippen LogP contribution is 2.09. The van der Waals surface area contributed by atoms with Crippen molar-refractivity contribution in [3.63, 3.8) is 0 Å². The van der Waals surface area contributed by atoms with E-state index in [2.05, 4.69) is 40.0 Å². The highest BCUT2D eigenvalue weighted by molar-refractivity contribution is 14.1. The summed E-state index contributed by atoms with van der Waals surface area (Å²) in [7, 11) is 0. The predicted molar refractivity (Wildman–Crippen MR) is 97.5 cm³/mol. The van der Waals surface area contributed by atoms with Gasteiger partial charge in [0.25, 0.3) is 0 Å². The van der Waals surface area contributed by atoms with Gasteiger partial charge in [-0.05, 0) is 35.1 Å². The van der Waals surface area contributed by atoms with Crippen molar-refractivity contribution < 1.29 is 4.79 Å². The molecule has 4 heteroatoms. The van der Waals surface area contributed by atoms with Crippen LogP contribution in [0.2, 0.25) is 0 Å². The van der Waals surface area contributed by atoms with Crippen LogP contribution in [0.15, 0.2) is 29.4 Å². The van der Waals surface area contributed by atoms with Crippen molar-refractivity contribution in [2.45, 2.75) is 58.3 Å². The number of benzene rings is 1. The van der Waals surface area contributed by atoms with Crippen molar-refractivity contribution in [1.82, 2.24) is 5.43 Å². The summed E-state index contributed by atoms with van der Waals surface area (Å²) in [5.41, 5.74) is 3.62. The summed E-state index contributed by atoms with van der Waals surface area (Å²) in [5, 5.41) is 4.01. The number of amides is 1. The second-order valence-electron chi connectivity index (χ2n) is 5.19. The Bertz CT molecular complexity index is 446. The van der Waals surface area contributed by atoms with E-state index in [0.717, 1.165) is 22.0 Å². The molecule has 3 nitrogen and oxygen atoms in total. The number of hydrazone groups is 1. The fourth-order valence-corrected chi connectivity index (χ4v) is 2.58. The zero-order valence-electron chi connectivity index (χ0n) is 12.8. The number of rotatable bonds is 10. The molecule has 0 atom stereocenters. The lowest BCUT2D eigenvalue weighted by Gasteiger charge is -2.01. The zero-order chi connectivity index (χ0) is 15.3. The minimum Gasteiger partial charge on any atom is -0.273 e. The first-order chi connectivity index (χ1) is 10.2. The standard InChI is InChI=1S/C17H25IN2O/c1-2-3-4-5-6-7-8-13-17(21)20-19-14-15-11-9-10-12-16(15)18/h9-12,14H,2-8,13H2,1H3,(H,20,21)/b19-14+. The van der Waals surface area contributed by atoms with Gasteiger partial charge in [0.1, 0.15) is 0 Å². The topological polar surface area (TPSA) is 41.5 Å². The van der Waals surface area contributed by atoms with E-state index in [-0.39, 0.29) is 5.91 Å². The minimum absolute atomic E-state index is 0.00532. The molecule has 0 spiro atoms. The van der Waals surface area contributed by atoms with E-state index in [4.69, 9.17) is 0 Å². The summed E-state index contributed by atoms with van der Waals surface area (Å²) >= 11 is 2.25. The van der Waals surface area contributed by atoms with Gasteiger partial charge in [0.15, 0.2) is 0 Å². The van der Waals surface area contributed by atoms with Gasteiger partial charge >= 0.3 is 0 Å². The number of carbonyl (C=O) groups is 1. The van der Waals surface area contributed by atoms with Crippen LogP contribution in [0.3, 0.4) is 0 Å². The number of nitrogens with zero attached hydrogens (tertiary/aromatic N) is 1. The van der Waals surface area contributed by atoms with Gasteiger partial charge in [0.2, 0.25) is 5.91 Å². The van der Waals surface area contributed by atoms with Crippen molar-refractivity contribution in [3.05, 3.63) is 33.4 Å². The first kappa shape index (κ1) is 18.1. The van der Waals surface area contributed by atoms with Gasteiger partial charge < -0.3 is 0 Å². The molecule has 0 saturated carbocycles. The maximum Gasteiger partial charge on any atom is 0.240 e. The Hall–Kier alpha value is -0.910. The van der Waals surface area contributed by atoms with Gasteiger partial charge in [-0.25, -0.2) is 5.43 Å². The Morgan fingerprint density at radius 2 is 1.81 bits per heavy atom. The van der Waals surface area contributed by atoms with E-state index >= 15 is 0 Å². The highest BCUT2D eigenvalue weighted by atomic mass is 127. The molecule has 0 radical (unpaired) electrons. The Morgan fingerprint density at radius 1 is 1.14 bits per heavy atom. The van der Waals surface area contributed by atoms with Crippen molar-refractivity contribution in [3.8, 4) is 0 Å². The molecular weight excluding hydrogens is 375 g/mol. The molecule has 1 aromatic rings. The Kier molecular flexibility index (Phi) is 10.1. The van der Waals surface area contributed by atoms with Crippen molar-refractivity contribution in [2.24, 2.45) is 5.10 Å². The molecule has 1 rings (SSSR count). The van der Waals surface area contributed by atoms with Crippen LogP contribution >= 0.6 is 22.6 Å². The van der Waals surface area contributed by atoms with Gasteiger partial charge in [-0.3, -0.25) is 4.79 Å². The van der Waals surface area contributed by atoms with E-state index in [1.54, 1.807) is 6.21 Å². The SMILES string of the molecule is CCCCCCCCCC(=O)N/N=C/c1ccccc1I. The molecule has 0 saturated heterocycles. The number of hydrogen-bond donors (Lipinski definition) is 1. The summed E-state index contributed by atoms with van der Waals surface area (Å²) < 4.78 is 1.13. The van der Waals surface area contributed by atoms with Crippen LogP contribution in [-0.4, -0.2) is 12.1 Å². The Morgan fingerprint density at radius 3 is 2.52 bits per heavy atom. The van der Waals surface area contributed by atoms with Crippen LogP contribution in [0.4, 0.5) is 0 Å². The molecule has 0 unspecified atom stereocenters. The van der Waals surface area contributed by atoms with E-state index in [9.17, 15) is 4.79 Å². The van der Waals surface area contributed by atoms with Crippen LogP contribution in [0.25, 0.3) is 0 Å². The van der Waals surface area contributed by atoms with Gasteiger partial charge in [-0.2, -0.15) is 5.10 Å². The van der Waals surface area contributed by atoms with Gasteiger partial charge in [-0.1, -0.05) is 63.6 Å². The molecule has 1 aromatic carbocycles. The predicted octanol–water partition coefficient (Wildman–Crippen LogP) is 4.88. The molecule has 1 N–H and O–H groups in total. The number of unbranched alkanes of at least 4 members (excludes halogenated alkanes) is 6. The summed E-state index contributed by atoms with van der Waals surface area (Å²) in [6, 6.07) is 7.94. The molecule has 0 fully saturated rings. The van der Waals surface area contributed by atoms with Crippen LogP contribution in [0, 0.1) is 3.57 Å². The number of nitrogens with one attached hydrogen (secondary N) is 1. The average molecular weight is 400 g/mol. The van der Waals surface area contributed by atoms with Crippen LogP contribution in [0.5, 0.6) is 0 Å².